The molecule has 0 unspecified atom stereocenters. The second-order valence-electron chi connectivity index (χ2n) is 8.54. The summed E-state index contributed by atoms with van der Waals surface area (Å²) in [7, 11) is 4.78. The Labute approximate surface area is 210 Å². The number of carbonyl (C=O) groups excluding carboxylic acids is 1. The molecule has 0 bridgehead atoms. The van der Waals surface area contributed by atoms with Crippen LogP contribution in [0.3, 0.4) is 0 Å². The van der Waals surface area contributed by atoms with Crippen LogP contribution in [0.5, 0.6) is 28.7 Å². The molecule has 2 aliphatic heterocycles. The van der Waals surface area contributed by atoms with E-state index in [0.717, 1.165) is 30.1 Å². The molecule has 1 amide bonds. The molecule has 0 atom stereocenters. The van der Waals surface area contributed by atoms with E-state index in [1.807, 2.05) is 47.4 Å². The number of amides is 1. The highest BCUT2D eigenvalue weighted by molar-refractivity contribution is 6.04. The lowest BCUT2D eigenvalue weighted by atomic mass is 10.1. The average Bonchev–Trinajstić information content (AvgIpc) is 3.27. The number of hydrogen-bond donors (Lipinski definition) is 0. The molecule has 0 N–H and O–H groups in total. The maximum atomic E-state index is 13.3. The first kappa shape index (κ1) is 23.5. The summed E-state index contributed by atoms with van der Waals surface area (Å²) in [5, 5.41) is 0. The number of benzene rings is 3. The van der Waals surface area contributed by atoms with Gasteiger partial charge in [0.15, 0.2) is 28.7 Å². The monoisotopic (exact) mass is 487 g/mol. The van der Waals surface area contributed by atoms with Crippen molar-refractivity contribution in [1.29, 1.82) is 0 Å². The zero-order chi connectivity index (χ0) is 25.1. The fourth-order valence-corrected chi connectivity index (χ4v) is 4.60. The summed E-state index contributed by atoms with van der Waals surface area (Å²) in [6.07, 6.45) is 0.805. The van der Waals surface area contributed by atoms with Crippen molar-refractivity contribution < 1.29 is 23.7 Å². The first-order valence-electron chi connectivity index (χ1n) is 11.9. The fourth-order valence-electron chi connectivity index (χ4n) is 4.60. The number of carbonyl (C=O) groups is 1. The molecule has 3 aromatic carbocycles. The van der Waals surface area contributed by atoms with Crippen molar-refractivity contribution in [3.05, 3.63) is 71.8 Å². The van der Waals surface area contributed by atoms with Crippen LogP contribution in [0.1, 0.15) is 22.3 Å². The number of nitrogens with zero attached hydrogens (tertiary/aromatic N) is 3. The highest BCUT2D eigenvalue weighted by Gasteiger charge is 2.28. The summed E-state index contributed by atoms with van der Waals surface area (Å²) in [5.41, 5.74) is 2.20. The molecule has 186 valence electrons. The van der Waals surface area contributed by atoms with Gasteiger partial charge in [0.05, 0.1) is 26.9 Å². The van der Waals surface area contributed by atoms with Gasteiger partial charge in [0.1, 0.15) is 11.5 Å². The smallest absolute Gasteiger partial charge is 0.254 e. The topological polar surface area (TPSA) is 72.8 Å². The Hall–Kier alpha value is -4.20. The second-order valence-corrected chi connectivity index (χ2v) is 8.54. The van der Waals surface area contributed by atoms with Gasteiger partial charge in [-0.3, -0.25) is 4.79 Å². The van der Waals surface area contributed by atoms with Crippen molar-refractivity contribution in [3.63, 3.8) is 0 Å². The van der Waals surface area contributed by atoms with E-state index in [1.54, 1.807) is 39.5 Å². The van der Waals surface area contributed by atoms with Gasteiger partial charge < -0.3 is 28.7 Å². The number of rotatable bonds is 4. The standard InChI is InChI=1S/C28H29N3O5/c1-33-23-13-12-19(18-25(23)35-3)28(32)31-15-7-14-30(16-17-31)27-20-8-6-11-24(34-2)26(20)36-22-10-5-4-9-21(22)29-27/h4-6,8-13,18H,7,14-17H2,1-3H3. The average molecular weight is 488 g/mol. The molecule has 5 rings (SSSR count). The number of amidine groups is 1. The number of ether oxygens (including phenoxy) is 4. The molecule has 1 saturated heterocycles. The SMILES string of the molecule is COc1ccc(C(=O)N2CCCN(C3=Nc4ccccc4Oc4c(OC)cccc43)CC2)cc1OC. The van der Waals surface area contributed by atoms with Gasteiger partial charge in [0.25, 0.3) is 5.91 Å². The summed E-state index contributed by atoms with van der Waals surface area (Å²) in [5.74, 6) is 3.89. The van der Waals surface area contributed by atoms with E-state index in [0.29, 0.717) is 53.9 Å². The highest BCUT2D eigenvalue weighted by Crippen LogP contribution is 2.42. The van der Waals surface area contributed by atoms with Crippen LogP contribution in [0.4, 0.5) is 5.69 Å². The maximum absolute atomic E-state index is 13.3. The summed E-state index contributed by atoms with van der Waals surface area (Å²) in [4.78, 5) is 22.5. The van der Waals surface area contributed by atoms with E-state index in [-0.39, 0.29) is 5.91 Å². The highest BCUT2D eigenvalue weighted by atomic mass is 16.5. The minimum Gasteiger partial charge on any atom is -0.493 e. The molecule has 8 nitrogen and oxygen atoms in total. The van der Waals surface area contributed by atoms with Crippen molar-refractivity contribution in [1.82, 2.24) is 9.80 Å². The molecular weight excluding hydrogens is 458 g/mol. The van der Waals surface area contributed by atoms with Gasteiger partial charge in [0.2, 0.25) is 0 Å². The van der Waals surface area contributed by atoms with Crippen LogP contribution in [-0.4, -0.2) is 69.1 Å². The molecule has 3 aromatic rings. The predicted molar refractivity (Wildman–Crippen MR) is 137 cm³/mol. The summed E-state index contributed by atoms with van der Waals surface area (Å²) in [6, 6.07) is 18.8. The van der Waals surface area contributed by atoms with Crippen molar-refractivity contribution in [3.8, 4) is 28.7 Å². The van der Waals surface area contributed by atoms with Crippen molar-refractivity contribution in [2.45, 2.75) is 6.42 Å². The summed E-state index contributed by atoms with van der Waals surface area (Å²) in [6.45, 7) is 2.60. The Morgan fingerprint density at radius 1 is 0.833 bits per heavy atom. The van der Waals surface area contributed by atoms with Crippen LogP contribution in [0.2, 0.25) is 0 Å². The third-order valence-electron chi connectivity index (χ3n) is 6.46. The first-order chi connectivity index (χ1) is 17.6. The molecular formula is C28H29N3O5. The van der Waals surface area contributed by atoms with Crippen molar-refractivity contribution >= 4 is 17.4 Å². The Morgan fingerprint density at radius 3 is 2.44 bits per heavy atom. The Balaban J connectivity index is 1.43. The zero-order valence-electron chi connectivity index (χ0n) is 20.7. The van der Waals surface area contributed by atoms with Gasteiger partial charge in [0, 0.05) is 31.7 Å². The third kappa shape index (κ3) is 4.42. The molecule has 0 saturated carbocycles. The van der Waals surface area contributed by atoms with E-state index in [2.05, 4.69) is 4.90 Å². The van der Waals surface area contributed by atoms with Crippen LogP contribution < -0.4 is 18.9 Å². The largest absolute Gasteiger partial charge is 0.493 e. The lowest BCUT2D eigenvalue weighted by Crippen LogP contribution is -2.37. The van der Waals surface area contributed by atoms with Crippen LogP contribution in [0.25, 0.3) is 0 Å². The van der Waals surface area contributed by atoms with Crippen molar-refractivity contribution in [2.24, 2.45) is 4.99 Å². The van der Waals surface area contributed by atoms with Gasteiger partial charge in [-0.15, -0.1) is 0 Å². The number of fused-ring (bicyclic) bond motifs is 2. The second kappa shape index (κ2) is 10.2. The van der Waals surface area contributed by atoms with Crippen LogP contribution in [0.15, 0.2) is 65.7 Å². The number of aliphatic imine (C=N–C) groups is 1. The number of methoxy groups -OCH3 is 3. The molecule has 2 aliphatic rings. The minimum atomic E-state index is -0.0312. The van der Waals surface area contributed by atoms with E-state index in [9.17, 15) is 4.79 Å². The molecule has 2 heterocycles. The van der Waals surface area contributed by atoms with Crippen LogP contribution >= 0.6 is 0 Å². The van der Waals surface area contributed by atoms with Crippen molar-refractivity contribution in [2.75, 3.05) is 47.5 Å². The molecule has 1 fully saturated rings. The fraction of sp³-hybridized carbons (Fsp3) is 0.286. The minimum absolute atomic E-state index is 0.0312. The maximum Gasteiger partial charge on any atom is 0.254 e. The predicted octanol–water partition coefficient (Wildman–Crippen LogP) is 4.74. The molecule has 36 heavy (non-hydrogen) atoms. The number of hydrogen-bond acceptors (Lipinski definition) is 7. The van der Waals surface area contributed by atoms with Crippen LogP contribution in [-0.2, 0) is 0 Å². The lowest BCUT2D eigenvalue weighted by Gasteiger charge is -2.25. The van der Waals surface area contributed by atoms with Gasteiger partial charge in [-0.25, -0.2) is 4.99 Å². The molecule has 0 aliphatic carbocycles. The molecule has 0 radical (unpaired) electrons. The Kier molecular flexibility index (Phi) is 6.66. The van der Waals surface area contributed by atoms with Gasteiger partial charge in [-0.05, 0) is 48.9 Å². The van der Waals surface area contributed by atoms with Gasteiger partial charge >= 0.3 is 0 Å². The van der Waals surface area contributed by atoms with E-state index < -0.39 is 0 Å². The molecule has 0 spiro atoms. The summed E-state index contributed by atoms with van der Waals surface area (Å²) >= 11 is 0. The Morgan fingerprint density at radius 2 is 1.64 bits per heavy atom. The van der Waals surface area contributed by atoms with E-state index in [1.165, 1.54) is 0 Å². The molecule has 0 aromatic heterocycles. The summed E-state index contributed by atoms with van der Waals surface area (Å²) < 4.78 is 22.6. The van der Waals surface area contributed by atoms with Gasteiger partial charge in [-0.2, -0.15) is 0 Å². The van der Waals surface area contributed by atoms with E-state index in [4.69, 9.17) is 23.9 Å². The van der Waals surface area contributed by atoms with E-state index >= 15 is 0 Å². The lowest BCUT2D eigenvalue weighted by molar-refractivity contribution is 0.0763. The molecule has 8 heteroatoms. The zero-order valence-corrected chi connectivity index (χ0v) is 20.7. The quantitative estimate of drug-likeness (QED) is 0.529. The number of para-hydroxylation sites is 3. The first-order valence-corrected chi connectivity index (χ1v) is 11.9. The third-order valence-corrected chi connectivity index (χ3v) is 6.46. The normalized spacial score (nSPS) is 14.9. The van der Waals surface area contributed by atoms with Crippen LogP contribution in [0, 0.1) is 0 Å². The Bertz CT molecular complexity index is 1310. The van der Waals surface area contributed by atoms with Gasteiger partial charge in [-0.1, -0.05) is 18.2 Å².